The maximum atomic E-state index is 10.6. The molecule has 0 heterocycles. The first-order valence-electron chi connectivity index (χ1n) is 5.40. The molecule has 4 heteroatoms. The van der Waals surface area contributed by atoms with E-state index in [-0.39, 0.29) is 12.1 Å². The summed E-state index contributed by atoms with van der Waals surface area (Å²) in [6.07, 6.45) is 0. The Labute approximate surface area is 113 Å². The summed E-state index contributed by atoms with van der Waals surface area (Å²) in [6, 6.07) is 11.9. The molecule has 0 fully saturated rings. The molecule has 0 saturated carbocycles. The molecule has 18 heavy (non-hydrogen) atoms. The van der Waals surface area contributed by atoms with Crippen molar-refractivity contribution < 1.29 is 9.90 Å². The second-order valence-corrected chi connectivity index (χ2v) is 4.88. The van der Waals surface area contributed by atoms with Crippen LogP contribution in [-0.2, 0) is 4.79 Å². The van der Waals surface area contributed by atoms with Crippen molar-refractivity contribution in [2.24, 2.45) is 0 Å². The van der Waals surface area contributed by atoms with Gasteiger partial charge in [0.1, 0.15) is 0 Å². The third-order valence-corrected chi connectivity index (χ3v) is 3.10. The third kappa shape index (κ3) is 2.90. The Hall–Kier alpha value is -1.81. The molecular weight excluding hydrogens is 294 g/mol. The fourth-order valence-electron chi connectivity index (χ4n) is 1.61. The molecule has 0 unspecified atom stereocenters. The van der Waals surface area contributed by atoms with Gasteiger partial charge in [-0.05, 0) is 35.0 Å². The predicted molar refractivity (Wildman–Crippen MR) is 76.9 cm³/mol. The van der Waals surface area contributed by atoms with Crippen LogP contribution in [0.4, 0.5) is 5.69 Å². The van der Waals surface area contributed by atoms with Gasteiger partial charge < -0.3 is 10.4 Å². The highest BCUT2D eigenvalue weighted by molar-refractivity contribution is 9.10. The quantitative estimate of drug-likeness (QED) is 0.848. The zero-order valence-electron chi connectivity index (χ0n) is 9.61. The SMILES string of the molecule is C=C(CNc1ccc2cc(Br)ccc2c1)C(=O)O. The van der Waals surface area contributed by atoms with Gasteiger partial charge in [-0.1, -0.05) is 34.6 Å². The van der Waals surface area contributed by atoms with Crippen molar-refractivity contribution in [2.45, 2.75) is 0 Å². The largest absolute Gasteiger partial charge is 0.478 e. The van der Waals surface area contributed by atoms with E-state index in [0.717, 1.165) is 20.9 Å². The maximum Gasteiger partial charge on any atom is 0.332 e. The first-order chi connectivity index (χ1) is 8.56. The molecule has 0 bridgehead atoms. The smallest absolute Gasteiger partial charge is 0.332 e. The first kappa shape index (κ1) is 12.6. The van der Waals surface area contributed by atoms with Gasteiger partial charge in [-0.3, -0.25) is 0 Å². The molecule has 2 N–H and O–H groups in total. The second-order valence-electron chi connectivity index (χ2n) is 3.97. The zero-order chi connectivity index (χ0) is 13.1. The number of halogens is 1. The summed E-state index contributed by atoms with van der Waals surface area (Å²) >= 11 is 3.42. The van der Waals surface area contributed by atoms with Crippen LogP contribution in [0, 0.1) is 0 Å². The van der Waals surface area contributed by atoms with Crippen LogP contribution in [0.5, 0.6) is 0 Å². The van der Waals surface area contributed by atoms with Crippen molar-refractivity contribution in [1.82, 2.24) is 0 Å². The molecule has 0 aromatic heterocycles. The highest BCUT2D eigenvalue weighted by Crippen LogP contribution is 2.22. The number of benzene rings is 2. The van der Waals surface area contributed by atoms with Crippen molar-refractivity contribution in [3.8, 4) is 0 Å². The van der Waals surface area contributed by atoms with Gasteiger partial charge in [0, 0.05) is 22.3 Å². The van der Waals surface area contributed by atoms with Gasteiger partial charge >= 0.3 is 5.97 Å². The van der Waals surface area contributed by atoms with E-state index in [2.05, 4.69) is 27.8 Å². The Morgan fingerprint density at radius 3 is 2.61 bits per heavy atom. The normalized spacial score (nSPS) is 10.3. The summed E-state index contributed by atoms with van der Waals surface area (Å²) in [6.45, 7) is 3.71. The van der Waals surface area contributed by atoms with Crippen LogP contribution in [-0.4, -0.2) is 17.6 Å². The average Bonchev–Trinajstić information content (AvgIpc) is 2.35. The molecule has 92 valence electrons. The molecule has 2 aromatic rings. The van der Waals surface area contributed by atoms with Crippen molar-refractivity contribution in [3.63, 3.8) is 0 Å². The Morgan fingerprint density at radius 1 is 1.22 bits per heavy atom. The molecule has 2 rings (SSSR count). The number of aliphatic carboxylic acids is 1. The van der Waals surface area contributed by atoms with Crippen LogP contribution >= 0.6 is 15.9 Å². The van der Waals surface area contributed by atoms with E-state index in [4.69, 9.17) is 5.11 Å². The number of carbonyl (C=O) groups is 1. The van der Waals surface area contributed by atoms with Crippen LogP contribution in [0.3, 0.4) is 0 Å². The van der Waals surface area contributed by atoms with Crippen molar-refractivity contribution >= 4 is 38.4 Å². The van der Waals surface area contributed by atoms with E-state index in [9.17, 15) is 4.79 Å². The van der Waals surface area contributed by atoms with Crippen LogP contribution in [0.25, 0.3) is 10.8 Å². The van der Waals surface area contributed by atoms with E-state index in [1.807, 2.05) is 36.4 Å². The number of carboxylic acids is 1. The first-order valence-corrected chi connectivity index (χ1v) is 6.20. The summed E-state index contributed by atoms with van der Waals surface area (Å²) in [5.74, 6) is -0.979. The highest BCUT2D eigenvalue weighted by atomic mass is 79.9. The van der Waals surface area contributed by atoms with Gasteiger partial charge in [-0.25, -0.2) is 4.79 Å². The predicted octanol–water partition coefficient (Wildman–Crippen LogP) is 3.66. The average molecular weight is 306 g/mol. The molecule has 0 radical (unpaired) electrons. The lowest BCUT2D eigenvalue weighted by Crippen LogP contribution is -2.11. The molecule has 0 aliphatic rings. The van der Waals surface area contributed by atoms with E-state index in [1.54, 1.807) is 0 Å². The lowest BCUT2D eigenvalue weighted by atomic mass is 10.1. The minimum Gasteiger partial charge on any atom is -0.478 e. The maximum absolute atomic E-state index is 10.6. The van der Waals surface area contributed by atoms with E-state index in [0.29, 0.717) is 0 Å². The Balaban J connectivity index is 2.18. The number of nitrogens with one attached hydrogen (secondary N) is 1. The van der Waals surface area contributed by atoms with Crippen LogP contribution in [0.15, 0.2) is 53.0 Å². The Kier molecular flexibility index (Phi) is 3.67. The van der Waals surface area contributed by atoms with Gasteiger partial charge in [0.15, 0.2) is 0 Å². The molecule has 0 atom stereocenters. The number of hydrogen-bond donors (Lipinski definition) is 2. The van der Waals surface area contributed by atoms with Gasteiger partial charge in [0.25, 0.3) is 0 Å². The summed E-state index contributed by atoms with van der Waals surface area (Å²) in [5.41, 5.74) is 1.03. The number of hydrogen-bond acceptors (Lipinski definition) is 2. The van der Waals surface area contributed by atoms with Crippen molar-refractivity contribution in [2.75, 3.05) is 11.9 Å². The Bertz CT molecular complexity index is 622. The fourth-order valence-corrected chi connectivity index (χ4v) is 1.99. The minimum absolute atomic E-state index is 0.144. The topological polar surface area (TPSA) is 49.3 Å². The van der Waals surface area contributed by atoms with Crippen molar-refractivity contribution in [3.05, 3.63) is 53.0 Å². The summed E-state index contributed by atoms with van der Waals surface area (Å²) in [7, 11) is 0. The molecule has 0 amide bonds. The van der Waals surface area contributed by atoms with Gasteiger partial charge in [0.2, 0.25) is 0 Å². The van der Waals surface area contributed by atoms with Gasteiger partial charge in [0.05, 0.1) is 0 Å². The third-order valence-electron chi connectivity index (χ3n) is 2.61. The summed E-state index contributed by atoms with van der Waals surface area (Å²) in [5, 5.41) is 14.0. The van der Waals surface area contributed by atoms with E-state index < -0.39 is 5.97 Å². The molecule has 0 aliphatic heterocycles. The molecule has 0 spiro atoms. The molecule has 0 aliphatic carbocycles. The zero-order valence-corrected chi connectivity index (χ0v) is 11.2. The van der Waals surface area contributed by atoms with Crippen LogP contribution in [0.2, 0.25) is 0 Å². The standard InChI is InChI=1S/C14H12BrNO2/c1-9(14(17)18)8-16-13-5-3-10-6-12(15)4-2-11(10)7-13/h2-7,16H,1,8H2,(H,17,18). The highest BCUT2D eigenvalue weighted by Gasteiger charge is 2.03. The summed E-state index contributed by atoms with van der Waals surface area (Å²) < 4.78 is 1.04. The lowest BCUT2D eigenvalue weighted by molar-refractivity contribution is -0.132. The molecule has 3 nitrogen and oxygen atoms in total. The van der Waals surface area contributed by atoms with Crippen molar-refractivity contribution in [1.29, 1.82) is 0 Å². The van der Waals surface area contributed by atoms with E-state index >= 15 is 0 Å². The Morgan fingerprint density at radius 2 is 1.89 bits per heavy atom. The number of carboxylic acid groups (broad SMARTS) is 1. The monoisotopic (exact) mass is 305 g/mol. The number of rotatable bonds is 4. The molecular formula is C14H12BrNO2. The second kappa shape index (κ2) is 5.23. The van der Waals surface area contributed by atoms with Gasteiger partial charge in [-0.15, -0.1) is 0 Å². The van der Waals surface area contributed by atoms with Gasteiger partial charge in [-0.2, -0.15) is 0 Å². The summed E-state index contributed by atoms with van der Waals surface area (Å²) in [4.78, 5) is 10.6. The minimum atomic E-state index is -0.979. The van der Waals surface area contributed by atoms with E-state index in [1.165, 1.54) is 0 Å². The number of fused-ring (bicyclic) bond motifs is 1. The van der Waals surface area contributed by atoms with Crippen LogP contribution in [0.1, 0.15) is 0 Å². The molecule has 2 aromatic carbocycles. The molecule has 0 saturated heterocycles. The number of anilines is 1. The van der Waals surface area contributed by atoms with Crippen LogP contribution < -0.4 is 5.32 Å². The lowest BCUT2D eigenvalue weighted by Gasteiger charge is -2.07. The fraction of sp³-hybridized carbons (Fsp3) is 0.0714.